The molecule has 1 aliphatic heterocycles. The number of benzene rings is 2. The minimum Gasteiger partial charge on any atom is -0.507 e. The lowest BCUT2D eigenvalue weighted by Gasteiger charge is -2.34. The van der Waals surface area contributed by atoms with Gasteiger partial charge < -0.3 is 20.2 Å². The van der Waals surface area contributed by atoms with Gasteiger partial charge in [-0.15, -0.1) is 0 Å². The quantitative estimate of drug-likeness (QED) is 0.609. The van der Waals surface area contributed by atoms with E-state index in [9.17, 15) is 28.3 Å². The smallest absolute Gasteiger partial charge is 0.274 e. The van der Waals surface area contributed by atoms with E-state index in [-0.39, 0.29) is 47.3 Å². The van der Waals surface area contributed by atoms with Gasteiger partial charge in [0, 0.05) is 62.0 Å². The van der Waals surface area contributed by atoms with Crippen molar-refractivity contribution in [1.29, 1.82) is 0 Å². The SMILES string of the molecule is O=C(Nc1ccc(C(=O)N2CCN(C(=O)c3cnccn3)CC2)c(O)c1)c1cc(F)cc(F)c1. The second-order valence-corrected chi connectivity index (χ2v) is 7.52. The average Bonchev–Trinajstić information content (AvgIpc) is 2.83. The van der Waals surface area contributed by atoms with Crippen molar-refractivity contribution < 1.29 is 28.3 Å². The Morgan fingerprint density at radius 3 is 2.12 bits per heavy atom. The number of hydrogen-bond donors (Lipinski definition) is 2. The molecule has 2 heterocycles. The Bertz CT molecular complexity index is 1230. The van der Waals surface area contributed by atoms with Crippen LogP contribution in [0.3, 0.4) is 0 Å². The number of aromatic nitrogens is 2. The average molecular weight is 467 g/mol. The lowest BCUT2D eigenvalue weighted by molar-refractivity contribution is 0.0530. The first-order valence-electron chi connectivity index (χ1n) is 10.3. The van der Waals surface area contributed by atoms with E-state index in [4.69, 9.17) is 0 Å². The summed E-state index contributed by atoms with van der Waals surface area (Å²) in [5, 5.41) is 12.8. The number of amides is 3. The van der Waals surface area contributed by atoms with Gasteiger partial charge in [0.2, 0.25) is 0 Å². The fourth-order valence-electron chi connectivity index (χ4n) is 3.53. The van der Waals surface area contributed by atoms with Gasteiger partial charge in [0.25, 0.3) is 17.7 Å². The molecule has 0 aliphatic carbocycles. The maximum absolute atomic E-state index is 13.3. The van der Waals surface area contributed by atoms with Crippen LogP contribution < -0.4 is 5.32 Å². The molecule has 1 aromatic heterocycles. The number of phenolic OH excluding ortho intramolecular Hbond substituents is 1. The van der Waals surface area contributed by atoms with Crippen molar-refractivity contribution in [3.63, 3.8) is 0 Å². The van der Waals surface area contributed by atoms with Gasteiger partial charge >= 0.3 is 0 Å². The molecule has 2 N–H and O–H groups in total. The number of anilines is 1. The second kappa shape index (κ2) is 9.61. The van der Waals surface area contributed by atoms with Crippen LogP contribution in [0.15, 0.2) is 55.0 Å². The monoisotopic (exact) mass is 467 g/mol. The Morgan fingerprint density at radius 1 is 0.882 bits per heavy atom. The van der Waals surface area contributed by atoms with Crippen LogP contribution in [0.2, 0.25) is 0 Å². The van der Waals surface area contributed by atoms with Crippen LogP contribution in [0, 0.1) is 11.6 Å². The van der Waals surface area contributed by atoms with Crippen LogP contribution in [0.5, 0.6) is 5.75 Å². The number of halogens is 2. The molecule has 3 aromatic rings. The Balaban J connectivity index is 1.39. The standard InChI is InChI=1S/C23H19F2N5O4/c24-15-9-14(10-16(25)11-15)21(32)28-17-1-2-18(20(31)12-17)22(33)29-5-7-30(8-6-29)23(34)19-13-26-3-4-27-19/h1-4,9-13,31H,5-8H2,(H,28,32). The maximum atomic E-state index is 13.3. The summed E-state index contributed by atoms with van der Waals surface area (Å²) in [6, 6.07) is 6.32. The van der Waals surface area contributed by atoms with Gasteiger partial charge in [0.05, 0.1) is 11.8 Å². The van der Waals surface area contributed by atoms with Gasteiger partial charge in [-0.2, -0.15) is 0 Å². The van der Waals surface area contributed by atoms with Gasteiger partial charge in [0.1, 0.15) is 23.1 Å². The van der Waals surface area contributed by atoms with Crippen LogP contribution >= 0.6 is 0 Å². The Labute approximate surface area is 192 Å². The normalized spacial score (nSPS) is 13.5. The van der Waals surface area contributed by atoms with Gasteiger partial charge in [-0.05, 0) is 24.3 Å². The maximum Gasteiger partial charge on any atom is 0.274 e. The van der Waals surface area contributed by atoms with Crippen molar-refractivity contribution in [3.8, 4) is 5.75 Å². The summed E-state index contributed by atoms with van der Waals surface area (Å²) < 4.78 is 26.7. The summed E-state index contributed by atoms with van der Waals surface area (Å²) in [5.74, 6) is -3.65. The largest absolute Gasteiger partial charge is 0.507 e. The van der Waals surface area contributed by atoms with Crippen molar-refractivity contribution in [2.75, 3.05) is 31.5 Å². The van der Waals surface area contributed by atoms with Gasteiger partial charge in [-0.1, -0.05) is 0 Å². The molecule has 4 rings (SSSR count). The van der Waals surface area contributed by atoms with Gasteiger partial charge in [-0.3, -0.25) is 19.4 Å². The van der Waals surface area contributed by atoms with Crippen molar-refractivity contribution in [2.45, 2.75) is 0 Å². The zero-order valence-corrected chi connectivity index (χ0v) is 17.7. The third kappa shape index (κ3) is 4.98. The number of piperazine rings is 1. The first-order valence-corrected chi connectivity index (χ1v) is 10.3. The highest BCUT2D eigenvalue weighted by molar-refractivity contribution is 6.05. The van der Waals surface area contributed by atoms with Crippen LogP contribution in [-0.2, 0) is 0 Å². The van der Waals surface area contributed by atoms with E-state index >= 15 is 0 Å². The number of carbonyl (C=O) groups excluding carboxylic acids is 3. The molecular weight excluding hydrogens is 448 g/mol. The fourth-order valence-corrected chi connectivity index (χ4v) is 3.53. The van der Waals surface area contributed by atoms with Crippen LogP contribution in [-0.4, -0.2) is 68.8 Å². The first-order chi connectivity index (χ1) is 16.3. The summed E-state index contributed by atoms with van der Waals surface area (Å²) in [5.41, 5.74) is 0.149. The van der Waals surface area contributed by atoms with Crippen LogP contribution in [0.25, 0.3) is 0 Å². The van der Waals surface area contributed by atoms with Crippen molar-refractivity contribution >= 4 is 23.4 Å². The Hall–Kier alpha value is -4.41. The summed E-state index contributed by atoms with van der Waals surface area (Å²) in [4.78, 5) is 48.5. The van der Waals surface area contributed by atoms with E-state index in [0.717, 1.165) is 12.1 Å². The van der Waals surface area contributed by atoms with E-state index in [1.54, 1.807) is 4.90 Å². The third-order valence-corrected chi connectivity index (χ3v) is 5.25. The lowest BCUT2D eigenvalue weighted by Crippen LogP contribution is -2.50. The molecule has 0 unspecified atom stereocenters. The number of phenols is 1. The van der Waals surface area contributed by atoms with E-state index in [0.29, 0.717) is 19.2 Å². The predicted octanol–water partition coefficient (Wildman–Crippen LogP) is 2.31. The molecule has 11 heteroatoms. The summed E-state index contributed by atoms with van der Waals surface area (Å²) >= 11 is 0. The summed E-state index contributed by atoms with van der Waals surface area (Å²) in [6.07, 6.45) is 4.28. The molecular formula is C23H19F2N5O4. The molecule has 1 aliphatic rings. The van der Waals surface area contributed by atoms with E-state index in [2.05, 4.69) is 15.3 Å². The highest BCUT2D eigenvalue weighted by atomic mass is 19.1. The molecule has 1 fully saturated rings. The molecule has 3 amide bonds. The predicted molar refractivity (Wildman–Crippen MR) is 116 cm³/mol. The zero-order valence-electron chi connectivity index (χ0n) is 17.7. The third-order valence-electron chi connectivity index (χ3n) is 5.25. The van der Waals surface area contributed by atoms with E-state index < -0.39 is 23.4 Å². The molecule has 2 aromatic carbocycles. The molecule has 0 radical (unpaired) electrons. The number of hydrogen-bond acceptors (Lipinski definition) is 6. The second-order valence-electron chi connectivity index (χ2n) is 7.52. The summed E-state index contributed by atoms with van der Waals surface area (Å²) in [7, 11) is 0. The lowest BCUT2D eigenvalue weighted by atomic mass is 10.1. The number of carbonyl (C=O) groups is 3. The van der Waals surface area contributed by atoms with Crippen molar-refractivity contribution in [3.05, 3.63) is 83.4 Å². The zero-order chi connectivity index (χ0) is 24.2. The minimum absolute atomic E-state index is 0.0171. The minimum atomic E-state index is -0.896. The van der Waals surface area contributed by atoms with Crippen molar-refractivity contribution in [2.24, 2.45) is 0 Å². The van der Waals surface area contributed by atoms with Crippen LogP contribution in [0.4, 0.5) is 14.5 Å². The molecule has 0 saturated carbocycles. The molecule has 174 valence electrons. The van der Waals surface area contributed by atoms with Crippen LogP contribution in [0.1, 0.15) is 31.2 Å². The summed E-state index contributed by atoms with van der Waals surface area (Å²) in [6.45, 7) is 1.10. The molecule has 0 spiro atoms. The molecule has 1 saturated heterocycles. The molecule has 34 heavy (non-hydrogen) atoms. The van der Waals surface area contributed by atoms with E-state index in [1.807, 2.05) is 0 Å². The Morgan fingerprint density at radius 2 is 1.53 bits per heavy atom. The molecule has 0 bridgehead atoms. The van der Waals surface area contributed by atoms with E-state index in [1.165, 1.54) is 41.7 Å². The van der Waals surface area contributed by atoms with Gasteiger partial charge in [0.15, 0.2) is 0 Å². The first kappa shape index (κ1) is 22.8. The number of rotatable bonds is 4. The topological polar surface area (TPSA) is 116 Å². The van der Waals surface area contributed by atoms with Crippen molar-refractivity contribution in [1.82, 2.24) is 19.8 Å². The number of nitrogens with one attached hydrogen (secondary N) is 1. The molecule has 0 atom stereocenters. The Kier molecular flexibility index (Phi) is 6.44. The highest BCUT2D eigenvalue weighted by Crippen LogP contribution is 2.25. The van der Waals surface area contributed by atoms with Gasteiger partial charge in [-0.25, -0.2) is 13.8 Å². The number of nitrogens with zero attached hydrogens (tertiary/aromatic N) is 4. The fraction of sp³-hybridized carbons (Fsp3) is 0.174. The highest BCUT2D eigenvalue weighted by Gasteiger charge is 2.27. The number of aromatic hydroxyl groups is 1. The molecule has 9 nitrogen and oxygen atoms in total.